The first-order chi connectivity index (χ1) is 5.27. The monoisotopic (exact) mass is 187 g/mol. The molecule has 0 fully saturated rings. The van der Waals surface area contributed by atoms with E-state index in [1.54, 1.807) is 0 Å². The molecule has 0 radical (unpaired) electrons. The molecule has 2 aromatic rings. The summed E-state index contributed by atoms with van der Waals surface area (Å²) in [6, 6.07) is 0. The van der Waals surface area contributed by atoms with Crippen molar-refractivity contribution >= 4 is 34.4 Å². The van der Waals surface area contributed by atoms with E-state index >= 15 is 0 Å². The number of rotatable bonds is 0. The summed E-state index contributed by atoms with van der Waals surface area (Å²) in [4.78, 5) is 15.1. The van der Waals surface area contributed by atoms with Gasteiger partial charge in [0.05, 0.1) is 0 Å². The van der Waals surface area contributed by atoms with E-state index in [1.807, 2.05) is 0 Å². The number of fused-ring (bicyclic) bond motifs is 1. The molecule has 0 bridgehead atoms. The van der Waals surface area contributed by atoms with Crippen molar-refractivity contribution in [2.75, 3.05) is 0 Å². The number of halogens is 2. The van der Waals surface area contributed by atoms with Crippen molar-refractivity contribution in [3.63, 3.8) is 0 Å². The topological polar surface area (TPSA) is 52.8 Å². The molecule has 2 aromatic heterocycles. The third-order valence-corrected chi connectivity index (χ3v) is 1.60. The van der Waals surface area contributed by atoms with Crippen LogP contribution in [0.4, 0.5) is 0 Å². The molecule has 0 atom stereocenters. The van der Waals surface area contributed by atoms with Gasteiger partial charge in [-0.1, -0.05) is 23.2 Å². The molecular formula is C5HCl2N4-. The van der Waals surface area contributed by atoms with E-state index in [0.29, 0.717) is 11.2 Å². The lowest BCUT2D eigenvalue weighted by Gasteiger charge is -1.98. The van der Waals surface area contributed by atoms with E-state index in [1.165, 1.54) is 6.33 Å². The molecule has 6 heteroatoms. The highest BCUT2D eigenvalue weighted by Crippen LogP contribution is 2.17. The van der Waals surface area contributed by atoms with E-state index in [4.69, 9.17) is 23.2 Å². The first-order valence-electron chi connectivity index (χ1n) is 2.74. The number of nitrogens with zero attached hydrogens (tertiary/aromatic N) is 4. The van der Waals surface area contributed by atoms with Gasteiger partial charge in [-0.05, 0) is 6.33 Å². The quantitative estimate of drug-likeness (QED) is 0.461. The van der Waals surface area contributed by atoms with Crippen LogP contribution in [-0.2, 0) is 0 Å². The van der Waals surface area contributed by atoms with Gasteiger partial charge in [0.15, 0.2) is 5.28 Å². The molecule has 0 aliphatic heterocycles. The van der Waals surface area contributed by atoms with Crippen LogP contribution in [0.1, 0.15) is 0 Å². The van der Waals surface area contributed by atoms with Crippen LogP contribution < -0.4 is 4.98 Å². The average Bonchev–Trinajstić information content (AvgIpc) is 2.34. The van der Waals surface area contributed by atoms with Crippen molar-refractivity contribution in [1.82, 2.24) is 19.9 Å². The minimum atomic E-state index is 0.0861. The Hall–Kier alpha value is -0.870. The largest absolute Gasteiger partial charge is 0.365 e. The zero-order chi connectivity index (χ0) is 7.84. The van der Waals surface area contributed by atoms with Gasteiger partial charge in [-0.15, -0.1) is 0 Å². The van der Waals surface area contributed by atoms with Crippen molar-refractivity contribution in [1.29, 1.82) is 0 Å². The van der Waals surface area contributed by atoms with Gasteiger partial charge < -0.3 is 15.0 Å². The van der Waals surface area contributed by atoms with Gasteiger partial charge in [0.1, 0.15) is 5.15 Å². The molecule has 2 rings (SSSR count). The van der Waals surface area contributed by atoms with Crippen molar-refractivity contribution in [3.05, 3.63) is 16.8 Å². The summed E-state index contributed by atoms with van der Waals surface area (Å²) in [5.41, 5.74) is 0.908. The number of aromatic nitrogens is 4. The fourth-order valence-electron chi connectivity index (χ4n) is 0.734. The summed E-state index contributed by atoms with van der Waals surface area (Å²) >= 11 is 11.2. The van der Waals surface area contributed by atoms with Crippen molar-refractivity contribution in [2.45, 2.75) is 0 Å². The fourth-order valence-corrected chi connectivity index (χ4v) is 1.16. The van der Waals surface area contributed by atoms with Gasteiger partial charge in [0, 0.05) is 11.2 Å². The predicted molar refractivity (Wildman–Crippen MR) is 40.7 cm³/mol. The average molecular weight is 188 g/mol. The molecule has 2 heterocycles. The van der Waals surface area contributed by atoms with Gasteiger partial charge in [-0.25, -0.2) is 4.98 Å². The first kappa shape index (κ1) is 6.82. The highest BCUT2D eigenvalue weighted by atomic mass is 35.5. The van der Waals surface area contributed by atoms with Crippen molar-refractivity contribution < 1.29 is 0 Å². The van der Waals surface area contributed by atoms with Crippen LogP contribution in [0.25, 0.3) is 11.2 Å². The molecule has 0 aliphatic rings. The molecule has 0 saturated heterocycles. The van der Waals surface area contributed by atoms with E-state index < -0.39 is 0 Å². The van der Waals surface area contributed by atoms with Crippen LogP contribution in [0.15, 0.2) is 6.33 Å². The van der Waals surface area contributed by atoms with Gasteiger partial charge in [0.2, 0.25) is 0 Å². The summed E-state index contributed by atoms with van der Waals surface area (Å²) in [5, 5.41) is 0.320. The standard InChI is InChI=1S/C5HCl2N4/c6-3-2-4(9-1-8-2)11-5(7)10-3/h1H/q-1. The van der Waals surface area contributed by atoms with Crippen LogP contribution in [0.5, 0.6) is 0 Å². The third kappa shape index (κ3) is 1.04. The molecule has 0 aromatic carbocycles. The normalized spacial score (nSPS) is 10.7. The van der Waals surface area contributed by atoms with E-state index in [9.17, 15) is 0 Å². The Morgan fingerprint density at radius 3 is 2.91 bits per heavy atom. The van der Waals surface area contributed by atoms with Crippen LogP contribution in [0, 0.1) is 0 Å². The molecule has 56 valence electrons. The second kappa shape index (κ2) is 2.32. The molecular weight excluding hydrogens is 187 g/mol. The summed E-state index contributed by atoms with van der Waals surface area (Å²) in [7, 11) is 0. The highest BCUT2D eigenvalue weighted by Gasteiger charge is 1.97. The highest BCUT2D eigenvalue weighted by molar-refractivity contribution is 6.35. The minimum absolute atomic E-state index is 0.0861. The Kier molecular flexibility index (Phi) is 1.44. The zero-order valence-corrected chi connectivity index (χ0v) is 6.63. The van der Waals surface area contributed by atoms with Crippen molar-refractivity contribution in [2.24, 2.45) is 0 Å². The summed E-state index contributed by atoms with van der Waals surface area (Å²) in [6.07, 6.45) is 1.36. The van der Waals surface area contributed by atoms with Crippen molar-refractivity contribution in [3.8, 4) is 0 Å². The Morgan fingerprint density at radius 2 is 2.09 bits per heavy atom. The lowest BCUT2D eigenvalue weighted by Crippen LogP contribution is -1.85. The Morgan fingerprint density at radius 1 is 1.27 bits per heavy atom. The van der Waals surface area contributed by atoms with E-state index in [-0.39, 0.29) is 10.4 Å². The maximum atomic E-state index is 5.67. The summed E-state index contributed by atoms with van der Waals surface area (Å²) in [6.45, 7) is 0. The van der Waals surface area contributed by atoms with Crippen LogP contribution in [-0.4, -0.2) is 15.0 Å². The number of hydrogen-bond acceptors (Lipinski definition) is 3. The Balaban J connectivity index is 2.91. The maximum Gasteiger partial charge on any atom is 0.153 e. The SMILES string of the molecule is Clc1nc(Cl)c2nc[n-]c2n1. The number of hydrogen-bond donors (Lipinski definition) is 0. The molecule has 0 spiro atoms. The molecule has 0 saturated carbocycles. The Labute approximate surface area is 71.6 Å². The fraction of sp³-hybridized carbons (Fsp3) is 0. The van der Waals surface area contributed by atoms with Gasteiger partial charge in [-0.3, -0.25) is 0 Å². The summed E-state index contributed by atoms with van der Waals surface area (Å²) < 4.78 is 0. The molecule has 0 N–H and O–H groups in total. The smallest absolute Gasteiger partial charge is 0.153 e. The first-order valence-corrected chi connectivity index (χ1v) is 3.49. The summed E-state index contributed by atoms with van der Waals surface area (Å²) in [5.74, 6) is 0. The predicted octanol–water partition coefficient (Wildman–Crippen LogP) is 1.29. The Bertz CT molecular complexity index is 396. The van der Waals surface area contributed by atoms with E-state index in [2.05, 4.69) is 19.9 Å². The molecule has 0 amide bonds. The zero-order valence-electron chi connectivity index (χ0n) is 5.12. The van der Waals surface area contributed by atoms with Crippen LogP contribution in [0.3, 0.4) is 0 Å². The van der Waals surface area contributed by atoms with Crippen LogP contribution in [0.2, 0.25) is 10.4 Å². The minimum Gasteiger partial charge on any atom is -0.365 e. The molecule has 4 nitrogen and oxygen atoms in total. The molecule has 0 aliphatic carbocycles. The second-order valence-electron chi connectivity index (χ2n) is 1.83. The maximum absolute atomic E-state index is 5.67. The molecule has 0 unspecified atom stereocenters. The van der Waals surface area contributed by atoms with Gasteiger partial charge >= 0.3 is 0 Å². The lowest BCUT2D eigenvalue weighted by molar-refractivity contribution is 1.19. The van der Waals surface area contributed by atoms with Gasteiger partial charge in [0.25, 0.3) is 0 Å². The lowest BCUT2D eigenvalue weighted by atomic mass is 10.6. The van der Waals surface area contributed by atoms with E-state index in [0.717, 1.165) is 0 Å². The van der Waals surface area contributed by atoms with Gasteiger partial charge in [-0.2, -0.15) is 0 Å². The second-order valence-corrected chi connectivity index (χ2v) is 2.53. The third-order valence-electron chi connectivity index (χ3n) is 1.16. The molecule has 11 heavy (non-hydrogen) atoms. The number of imidazole rings is 1. The van der Waals surface area contributed by atoms with Crippen LogP contribution >= 0.6 is 23.2 Å².